The van der Waals surface area contributed by atoms with E-state index in [0.717, 1.165) is 50.9 Å². The third-order valence-corrected chi connectivity index (χ3v) is 6.36. The SMILES string of the molecule is O=C(CCSCc1ccccc1)N1C[C@@H](CO)[C@@H](CN2CCOCC2)C1. The smallest absolute Gasteiger partial charge is 0.223 e. The molecule has 1 aromatic carbocycles. The van der Waals surface area contributed by atoms with Gasteiger partial charge in [0.25, 0.3) is 0 Å². The van der Waals surface area contributed by atoms with E-state index in [9.17, 15) is 9.90 Å². The van der Waals surface area contributed by atoms with Crippen LogP contribution in [-0.4, -0.2) is 79.1 Å². The van der Waals surface area contributed by atoms with Crippen LogP contribution in [0.1, 0.15) is 12.0 Å². The summed E-state index contributed by atoms with van der Waals surface area (Å²) in [4.78, 5) is 16.9. The first-order valence-corrected chi connectivity index (χ1v) is 10.7. The quantitative estimate of drug-likeness (QED) is 0.698. The van der Waals surface area contributed by atoms with Crippen LogP contribution >= 0.6 is 11.8 Å². The van der Waals surface area contributed by atoms with E-state index in [-0.39, 0.29) is 18.4 Å². The minimum Gasteiger partial charge on any atom is -0.396 e. The number of carbonyl (C=O) groups excluding carboxylic acids is 1. The van der Waals surface area contributed by atoms with Gasteiger partial charge < -0.3 is 14.7 Å². The summed E-state index contributed by atoms with van der Waals surface area (Å²) < 4.78 is 5.41. The number of thioether (sulfide) groups is 1. The molecule has 1 N–H and O–H groups in total. The lowest BCUT2D eigenvalue weighted by Crippen LogP contribution is -2.41. The maximum absolute atomic E-state index is 12.6. The van der Waals surface area contributed by atoms with Gasteiger partial charge in [0.05, 0.1) is 13.2 Å². The van der Waals surface area contributed by atoms with Gasteiger partial charge >= 0.3 is 0 Å². The Morgan fingerprint density at radius 1 is 1.15 bits per heavy atom. The van der Waals surface area contributed by atoms with Crippen LogP contribution < -0.4 is 0 Å². The molecule has 0 aromatic heterocycles. The third-order valence-electron chi connectivity index (χ3n) is 5.33. The fourth-order valence-corrected chi connectivity index (χ4v) is 4.64. The highest BCUT2D eigenvalue weighted by Gasteiger charge is 2.35. The molecule has 2 atom stereocenters. The molecule has 0 unspecified atom stereocenters. The first-order chi connectivity index (χ1) is 12.8. The van der Waals surface area contributed by atoms with Gasteiger partial charge in [-0.2, -0.15) is 11.8 Å². The molecule has 3 rings (SSSR count). The average Bonchev–Trinajstić information content (AvgIpc) is 3.09. The highest BCUT2D eigenvalue weighted by atomic mass is 32.2. The number of hydrogen-bond donors (Lipinski definition) is 1. The Labute approximate surface area is 160 Å². The molecule has 26 heavy (non-hydrogen) atoms. The lowest BCUT2D eigenvalue weighted by molar-refractivity contribution is -0.130. The standard InChI is InChI=1S/C20H30N2O3S/c23-15-19-14-22(13-18(19)12-21-7-9-25-10-8-21)20(24)6-11-26-16-17-4-2-1-3-5-17/h1-5,18-19,23H,6-16H2/t18-,19-/m0/s1. The second kappa shape index (κ2) is 10.3. The van der Waals surface area contributed by atoms with Crippen molar-refractivity contribution >= 4 is 17.7 Å². The highest BCUT2D eigenvalue weighted by Crippen LogP contribution is 2.25. The van der Waals surface area contributed by atoms with Gasteiger partial charge in [-0.05, 0) is 11.5 Å². The van der Waals surface area contributed by atoms with Crippen molar-refractivity contribution < 1.29 is 14.6 Å². The molecule has 0 saturated carbocycles. The largest absolute Gasteiger partial charge is 0.396 e. The summed E-state index contributed by atoms with van der Waals surface area (Å²) in [6.45, 7) is 6.11. The Balaban J connectivity index is 1.39. The average molecular weight is 379 g/mol. The predicted octanol–water partition coefficient (Wildman–Crippen LogP) is 1.71. The van der Waals surface area contributed by atoms with E-state index in [1.807, 2.05) is 22.7 Å². The zero-order valence-corrected chi connectivity index (χ0v) is 16.2. The second-order valence-corrected chi connectivity index (χ2v) is 8.31. The van der Waals surface area contributed by atoms with Gasteiger partial charge in [-0.25, -0.2) is 0 Å². The maximum Gasteiger partial charge on any atom is 0.223 e. The number of nitrogens with zero attached hydrogens (tertiary/aromatic N) is 2. The van der Waals surface area contributed by atoms with E-state index in [1.165, 1.54) is 5.56 Å². The molecule has 0 spiro atoms. The molecule has 6 heteroatoms. The normalized spacial score (nSPS) is 24.1. The molecule has 0 aliphatic carbocycles. The molecule has 2 fully saturated rings. The van der Waals surface area contributed by atoms with Crippen molar-refractivity contribution in [1.82, 2.24) is 9.80 Å². The van der Waals surface area contributed by atoms with Crippen LogP contribution in [0.3, 0.4) is 0 Å². The second-order valence-electron chi connectivity index (χ2n) is 7.20. The molecule has 1 aromatic rings. The van der Waals surface area contributed by atoms with Gasteiger partial charge in [0.15, 0.2) is 0 Å². The lowest BCUT2D eigenvalue weighted by atomic mass is 9.96. The number of aliphatic hydroxyl groups excluding tert-OH is 1. The fourth-order valence-electron chi connectivity index (χ4n) is 3.75. The molecule has 0 radical (unpaired) electrons. The van der Waals surface area contributed by atoms with E-state index in [1.54, 1.807) is 0 Å². The Morgan fingerprint density at radius 2 is 1.88 bits per heavy atom. The molecule has 2 aliphatic rings. The molecule has 1 amide bonds. The van der Waals surface area contributed by atoms with Crippen molar-refractivity contribution in [2.75, 3.05) is 58.3 Å². The molecule has 2 heterocycles. The number of likely N-dealkylation sites (tertiary alicyclic amines) is 1. The van der Waals surface area contributed by atoms with Crippen molar-refractivity contribution in [2.24, 2.45) is 11.8 Å². The summed E-state index contributed by atoms with van der Waals surface area (Å²) >= 11 is 1.81. The molecule has 144 valence electrons. The van der Waals surface area contributed by atoms with Crippen LogP contribution in [0.15, 0.2) is 30.3 Å². The van der Waals surface area contributed by atoms with Crippen LogP contribution in [0.5, 0.6) is 0 Å². The Kier molecular flexibility index (Phi) is 7.80. The topological polar surface area (TPSA) is 53.0 Å². The van der Waals surface area contributed by atoms with Crippen molar-refractivity contribution in [1.29, 1.82) is 0 Å². The lowest BCUT2D eigenvalue weighted by Gasteiger charge is -2.30. The summed E-state index contributed by atoms with van der Waals surface area (Å²) in [5.41, 5.74) is 1.30. The Bertz CT molecular complexity index is 551. The van der Waals surface area contributed by atoms with Crippen molar-refractivity contribution in [3.63, 3.8) is 0 Å². The van der Waals surface area contributed by atoms with Crippen LogP contribution in [0.2, 0.25) is 0 Å². The van der Waals surface area contributed by atoms with Gasteiger partial charge in [-0.15, -0.1) is 0 Å². The number of carbonyl (C=O) groups is 1. The minimum absolute atomic E-state index is 0.168. The van der Waals surface area contributed by atoms with Gasteiger partial charge in [0.2, 0.25) is 5.91 Å². The van der Waals surface area contributed by atoms with Crippen molar-refractivity contribution in [3.8, 4) is 0 Å². The summed E-state index contributed by atoms with van der Waals surface area (Å²) in [6.07, 6.45) is 0.583. The molecular weight excluding hydrogens is 348 g/mol. The van der Waals surface area contributed by atoms with Crippen LogP contribution in [0, 0.1) is 11.8 Å². The number of rotatable bonds is 8. The van der Waals surface area contributed by atoms with E-state index < -0.39 is 0 Å². The van der Waals surface area contributed by atoms with Crippen LogP contribution in [-0.2, 0) is 15.3 Å². The summed E-state index contributed by atoms with van der Waals surface area (Å²) in [7, 11) is 0. The summed E-state index contributed by atoms with van der Waals surface area (Å²) in [5.74, 6) is 2.61. The fraction of sp³-hybridized carbons (Fsp3) is 0.650. The van der Waals surface area contributed by atoms with Gasteiger partial charge in [0.1, 0.15) is 0 Å². The van der Waals surface area contributed by atoms with Crippen LogP contribution in [0.4, 0.5) is 0 Å². The van der Waals surface area contributed by atoms with Crippen molar-refractivity contribution in [3.05, 3.63) is 35.9 Å². The van der Waals surface area contributed by atoms with E-state index in [4.69, 9.17) is 4.74 Å². The third kappa shape index (κ3) is 5.71. The van der Waals surface area contributed by atoms with E-state index in [2.05, 4.69) is 29.2 Å². The highest BCUT2D eigenvalue weighted by molar-refractivity contribution is 7.98. The number of hydrogen-bond acceptors (Lipinski definition) is 5. The number of morpholine rings is 1. The zero-order valence-electron chi connectivity index (χ0n) is 15.4. The first-order valence-electron chi connectivity index (χ1n) is 9.56. The van der Waals surface area contributed by atoms with E-state index in [0.29, 0.717) is 18.9 Å². The summed E-state index contributed by atoms with van der Waals surface area (Å²) in [5, 5.41) is 9.72. The van der Waals surface area contributed by atoms with Crippen molar-refractivity contribution in [2.45, 2.75) is 12.2 Å². The number of ether oxygens (including phenoxy) is 1. The van der Waals surface area contributed by atoms with Crippen LogP contribution in [0.25, 0.3) is 0 Å². The van der Waals surface area contributed by atoms with E-state index >= 15 is 0 Å². The molecule has 5 nitrogen and oxygen atoms in total. The molecule has 0 bridgehead atoms. The maximum atomic E-state index is 12.6. The molecule has 2 saturated heterocycles. The monoisotopic (exact) mass is 378 g/mol. The summed E-state index contributed by atoms with van der Waals surface area (Å²) in [6, 6.07) is 10.4. The number of benzene rings is 1. The Hall–Kier alpha value is -1.08. The van der Waals surface area contributed by atoms with Gasteiger partial charge in [0, 0.05) is 63.2 Å². The molecular formula is C20H30N2O3S. The predicted molar refractivity (Wildman–Crippen MR) is 105 cm³/mol. The number of amides is 1. The minimum atomic E-state index is 0.168. The molecule has 2 aliphatic heterocycles. The van der Waals surface area contributed by atoms with Gasteiger partial charge in [-0.1, -0.05) is 30.3 Å². The van der Waals surface area contributed by atoms with Gasteiger partial charge in [-0.3, -0.25) is 9.69 Å². The zero-order chi connectivity index (χ0) is 18.2. The number of aliphatic hydroxyl groups is 1. The first kappa shape index (κ1) is 19.7. The Morgan fingerprint density at radius 3 is 2.62 bits per heavy atom.